The minimum Gasteiger partial charge on any atom is -0.451 e. The van der Waals surface area contributed by atoms with Crippen LogP contribution < -0.4 is 11.1 Å². The fraction of sp³-hybridized carbons (Fsp3) is 0.400. The molecule has 8 nitrogen and oxygen atoms in total. The topological polar surface area (TPSA) is 123 Å². The lowest BCUT2D eigenvalue weighted by atomic mass is 10.3. The zero-order valence-corrected chi connectivity index (χ0v) is 10.1. The number of nitriles is 1. The summed E-state index contributed by atoms with van der Waals surface area (Å²) in [6, 6.07) is 1.73. The van der Waals surface area contributed by atoms with Crippen LogP contribution >= 0.6 is 0 Å². The smallest absolute Gasteiger partial charge is 0.359 e. The first kappa shape index (κ1) is 13.5. The molecule has 0 fully saturated rings. The lowest BCUT2D eigenvalue weighted by molar-refractivity contribution is -0.124. The highest BCUT2D eigenvalue weighted by Gasteiger charge is 2.20. The molecule has 0 spiro atoms. The Bertz CT molecular complexity index is 514. The number of esters is 1. The summed E-state index contributed by atoms with van der Waals surface area (Å²) in [5.74, 6) is -1.29. The van der Waals surface area contributed by atoms with Crippen molar-refractivity contribution in [2.24, 2.45) is 7.05 Å². The zero-order chi connectivity index (χ0) is 13.7. The van der Waals surface area contributed by atoms with E-state index in [1.807, 2.05) is 0 Å². The third-order valence-electron chi connectivity index (χ3n) is 2.16. The molecular formula is C10H13N5O3. The number of nitrogens with two attached hydrogens (primary N) is 1. The second-order valence-electron chi connectivity index (χ2n) is 3.48. The first-order chi connectivity index (χ1) is 8.47. The van der Waals surface area contributed by atoms with E-state index in [2.05, 4.69) is 10.4 Å². The van der Waals surface area contributed by atoms with Crippen LogP contribution in [0, 0.1) is 18.3 Å². The number of nitrogens with zero attached hydrogens (tertiary/aromatic N) is 3. The summed E-state index contributed by atoms with van der Waals surface area (Å²) < 4.78 is 6.05. The second kappa shape index (κ2) is 5.67. The SMILES string of the molecule is Cc1nn(C)c(C(=O)OCC(=O)NCC#N)c1N. The molecule has 0 saturated heterocycles. The molecule has 1 heterocycles. The summed E-state index contributed by atoms with van der Waals surface area (Å²) in [6.45, 7) is 1.05. The van der Waals surface area contributed by atoms with Crippen molar-refractivity contribution in [2.45, 2.75) is 6.92 Å². The maximum Gasteiger partial charge on any atom is 0.359 e. The Balaban J connectivity index is 2.61. The highest BCUT2D eigenvalue weighted by molar-refractivity contribution is 5.95. The number of nitrogen functional groups attached to an aromatic ring is 1. The van der Waals surface area contributed by atoms with Crippen LogP contribution in [0.3, 0.4) is 0 Å². The quantitative estimate of drug-likeness (QED) is 0.528. The van der Waals surface area contributed by atoms with Crippen molar-refractivity contribution in [3.05, 3.63) is 11.4 Å². The van der Waals surface area contributed by atoms with Crippen molar-refractivity contribution in [2.75, 3.05) is 18.9 Å². The fourth-order valence-electron chi connectivity index (χ4n) is 1.31. The molecule has 1 aromatic heterocycles. The van der Waals surface area contributed by atoms with E-state index in [0.717, 1.165) is 0 Å². The highest BCUT2D eigenvalue weighted by atomic mass is 16.5. The molecule has 0 aliphatic heterocycles. The minimum atomic E-state index is -0.734. The van der Waals surface area contributed by atoms with Gasteiger partial charge in [0.1, 0.15) is 6.54 Å². The number of aromatic nitrogens is 2. The number of hydrogen-bond donors (Lipinski definition) is 2. The average molecular weight is 251 g/mol. The number of carbonyl (C=O) groups excluding carboxylic acids is 2. The van der Waals surface area contributed by atoms with E-state index in [0.29, 0.717) is 5.69 Å². The maximum atomic E-state index is 11.7. The van der Waals surface area contributed by atoms with Crippen molar-refractivity contribution < 1.29 is 14.3 Å². The Hall–Kier alpha value is -2.56. The van der Waals surface area contributed by atoms with Gasteiger partial charge in [-0.2, -0.15) is 10.4 Å². The third-order valence-corrected chi connectivity index (χ3v) is 2.16. The molecule has 0 aromatic carbocycles. The van der Waals surface area contributed by atoms with Gasteiger partial charge in [-0.15, -0.1) is 0 Å². The van der Waals surface area contributed by atoms with E-state index in [9.17, 15) is 9.59 Å². The Morgan fingerprint density at radius 2 is 2.28 bits per heavy atom. The van der Waals surface area contributed by atoms with Crippen LogP contribution in [0.4, 0.5) is 5.69 Å². The van der Waals surface area contributed by atoms with E-state index >= 15 is 0 Å². The molecule has 1 aromatic rings. The Kier molecular flexibility index (Phi) is 4.26. The summed E-state index contributed by atoms with van der Waals surface area (Å²) in [5, 5.41) is 14.4. The van der Waals surface area contributed by atoms with Crippen LogP contribution in [0.2, 0.25) is 0 Å². The van der Waals surface area contributed by atoms with Crippen LogP contribution in [0.5, 0.6) is 0 Å². The molecule has 0 aliphatic rings. The molecule has 0 aliphatic carbocycles. The highest BCUT2D eigenvalue weighted by Crippen LogP contribution is 2.15. The van der Waals surface area contributed by atoms with Crippen molar-refractivity contribution in [1.29, 1.82) is 5.26 Å². The Morgan fingerprint density at radius 1 is 1.61 bits per heavy atom. The molecule has 0 radical (unpaired) electrons. The van der Waals surface area contributed by atoms with Crippen molar-refractivity contribution in [3.63, 3.8) is 0 Å². The molecule has 0 saturated carbocycles. The molecule has 3 N–H and O–H groups in total. The first-order valence-electron chi connectivity index (χ1n) is 5.07. The van der Waals surface area contributed by atoms with Crippen molar-refractivity contribution in [3.8, 4) is 6.07 Å². The van der Waals surface area contributed by atoms with Gasteiger partial charge in [0.15, 0.2) is 12.3 Å². The molecular weight excluding hydrogens is 238 g/mol. The van der Waals surface area contributed by atoms with Gasteiger partial charge in [0.05, 0.1) is 17.5 Å². The maximum absolute atomic E-state index is 11.7. The minimum absolute atomic E-state index is 0.0978. The van der Waals surface area contributed by atoms with E-state index in [4.69, 9.17) is 15.7 Å². The number of rotatable bonds is 4. The van der Waals surface area contributed by atoms with Crippen LogP contribution in [-0.2, 0) is 16.6 Å². The van der Waals surface area contributed by atoms with Gasteiger partial charge >= 0.3 is 5.97 Å². The normalized spacial score (nSPS) is 9.61. The number of anilines is 1. The summed E-state index contributed by atoms with van der Waals surface area (Å²) in [4.78, 5) is 22.8. The van der Waals surface area contributed by atoms with Gasteiger partial charge in [-0.1, -0.05) is 0 Å². The van der Waals surface area contributed by atoms with Crippen LogP contribution in [0.1, 0.15) is 16.2 Å². The zero-order valence-electron chi connectivity index (χ0n) is 10.1. The number of aryl methyl sites for hydroxylation is 2. The predicted octanol–water partition coefficient (Wildman–Crippen LogP) is -0.893. The Labute approximate surface area is 103 Å². The van der Waals surface area contributed by atoms with E-state index in [1.165, 1.54) is 4.68 Å². The van der Waals surface area contributed by atoms with Gasteiger partial charge < -0.3 is 15.8 Å². The Morgan fingerprint density at radius 3 is 2.78 bits per heavy atom. The van der Waals surface area contributed by atoms with Gasteiger partial charge in [0, 0.05) is 7.05 Å². The lowest BCUT2D eigenvalue weighted by Gasteiger charge is -2.05. The summed E-state index contributed by atoms with van der Waals surface area (Å²) in [7, 11) is 1.55. The molecule has 96 valence electrons. The monoisotopic (exact) mass is 251 g/mol. The summed E-state index contributed by atoms with van der Waals surface area (Å²) >= 11 is 0. The molecule has 1 amide bonds. The van der Waals surface area contributed by atoms with Gasteiger partial charge in [0.2, 0.25) is 0 Å². The summed E-state index contributed by atoms with van der Waals surface area (Å²) in [5.41, 5.74) is 6.50. The number of amides is 1. The van der Waals surface area contributed by atoms with Crippen LogP contribution in [0.25, 0.3) is 0 Å². The van der Waals surface area contributed by atoms with Gasteiger partial charge in [-0.25, -0.2) is 4.79 Å². The molecule has 8 heteroatoms. The largest absolute Gasteiger partial charge is 0.451 e. The van der Waals surface area contributed by atoms with Gasteiger partial charge in [0.25, 0.3) is 5.91 Å². The number of ether oxygens (including phenoxy) is 1. The van der Waals surface area contributed by atoms with Crippen LogP contribution in [0.15, 0.2) is 0 Å². The van der Waals surface area contributed by atoms with Crippen LogP contribution in [-0.4, -0.2) is 34.8 Å². The molecule has 1 rings (SSSR count). The van der Waals surface area contributed by atoms with Gasteiger partial charge in [-0.3, -0.25) is 9.48 Å². The first-order valence-corrected chi connectivity index (χ1v) is 5.07. The third kappa shape index (κ3) is 2.98. The standard InChI is InChI=1S/C10H13N5O3/c1-6-8(12)9(15(2)14-6)10(17)18-5-7(16)13-4-3-11/h4-5,12H2,1-2H3,(H,13,16). The van der Waals surface area contributed by atoms with E-state index < -0.39 is 18.5 Å². The summed E-state index contributed by atoms with van der Waals surface area (Å²) in [6.07, 6.45) is 0. The van der Waals surface area contributed by atoms with E-state index in [-0.39, 0.29) is 17.9 Å². The number of hydrogen-bond acceptors (Lipinski definition) is 6. The van der Waals surface area contributed by atoms with Crippen molar-refractivity contribution in [1.82, 2.24) is 15.1 Å². The predicted molar refractivity (Wildman–Crippen MR) is 61.3 cm³/mol. The number of nitrogens with one attached hydrogen (secondary N) is 1. The van der Waals surface area contributed by atoms with Gasteiger partial charge in [-0.05, 0) is 6.92 Å². The molecule has 0 atom stereocenters. The lowest BCUT2D eigenvalue weighted by Crippen LogP contribution is -2.29. The molecule has 0 bridgehead atoms. The van der Waals surface area contributed by atoms with Crippen molar-refractivity contribution >= 4 is 17.6 Å². The average Bonchev–Trinajstić information content (AvgIpc) is 2.58. The molecule has 0 unspecified atom stereocenters. The van der Waals surface area contributed by atoms with E-state index in [1.54, 1.807) is 20.0 Å². The fourth-order valence-corrected chi connectivity index (χ4v) is 1.31. The molecule has 18 heavy (non-hydrogen) atoms. The number of carbonyl (C=O) groups is 2. The second-order valence-corrected chi connectivity index (χ2v) is 3.48.